The molecule has 0 aliphatic carbocycles. The fourth-order valence-corrected chi connectivity index (χ4v) is 2.96. The summed E-state index contributed by atoms with van der Waals surface area (Å²) in [6, 6.07) is 5.36. The van der Waals surface area contributed by atoms with Gasteiger partial charge in [-0.05, 0) is 25.1 Å². The van der Waals surface area contributed by atoms with Crippen LogP contribution in [0.1, 0.15) is 19.8 Å². The highest BCUT2D eigenvalue weighted by molar-refractivity contribution is 6.42. The average Bonchev–Trinajstić information content (AvgIpc) is 2.88. The molecule has 1 saturated heterocycles. The SMILES string of the molecule is CC[NH+]1CCC[C@@H]1CNC(=O)Nc1ccc(Cl)c(Cl)c1. The molecule has 1 aliphatic rings. The molecule has 110 valence electrons. The maximum Gasteiger partial charge on any atom is 0.319 e. The maximum atomic E-state index is 11.9. The number of hydrogen-bond acceptors (Lipinski definition) is 1. The second-order valence-corrected chi connectivity index (χ2v) is 5.88. The summed E-state index contributed by atoms with van der Waals surface area (Å²) in [5.74, 6) is 0. The lowest BCUT2D eigenvalue weighted by Crippen LogP contribution is -3.14. The molecule has 0 bridgehead atoms. The van der Waals surface area contributed by atoms with E-state index in [4.69, 9.17) is 23.2 Å². The van der Waals surface area contributed by atoms with Gasteiger partial charge in [-0.3, -0.25) is 0 Å². The van der Waals surface area contributed by atoms with Gasteiger partial charge >= 0.3 is 6.03 Å². The number of hydrogen-bond donors (Lipinski definition) is 3. The summed E-state index contributed by atoms with van der Waals surface area (Å²) < 4.78 is 0. The van der Waals surface area contributed by atoms with E-state index in [-0.39, 0.29) is 6.03 Å². The zero-order valence-corrected chi connectivity index (χ0v) is 13.0. The molecule has 1 unspecified atom stereocenters. The van der Waals surface area contributed by atoms with Crippen LogP contribution in [-0.2, 0) is 0 Å². The number of carbonyl (C=O) groups is 1. The summed E-state index contributed by atoms with van der Waals surface area (Å²) in [4.78, 5) is 13.4. The zero-order chi connectivity index (χ0) is 14.5. The molecule has 1 heterocycles. The molecule has 4 nitrogen and oxygen atoms in total. The number of urea groups is 1. The third-order valence-electron chi connectivity index (χ3n) is 3.77. The normalized spacial score (nSPS) is 21.8. The number of likely N-dealkylation sites (tertiary alicyclic amines) is 1. The van der Waals surface area contributed by atoms with Gasteiger partial charge in [-0.15, -0.1) is 0 Å². The Labute approximate surface area is 129 Å². The van der Waals surface area contributed by atoms with Gasteiger partial charge in [0.05, 0.1) is 29.7 Å². The topological polar surface area (TPSA) is 45.6 Å². The van der Waals surface area contributed by atoms with Crippen molar-refractivity contribution in [3.05, 3.63) is 28.2 Å². The van der Waals surface area contributed by atoms with Crippen molar-refractivity contribution in [2.75, 3.05) is 25.0 Å². The van der Waals surface area contributed by atoms with Crippen molar-refractivity contribution < 1.29 is 9.69 Å². The number of likely N-dealkylation sites (N-methyl/N-ethyl adjacent to an activating group) is 1. The van der Waals surface area contributed by atoms with Crippen LogP contribution >= 0.6 is 23.2 Å². The Kier molecular flexibility index (Phi) is 5.52. The highest BCUT2D eigenvalue weighted by Crippen LogP contribution is 2.24. The van der Waals surface area contributed by atoms with E-state index in [1.165, 1.54) is 19.4 Å². The van der Waals surface area contributed by atoms with Crippen LogP contribution in [0.5, 0.6) is 0 Å². The number of rotatable bonds is 4. The summed E-state index contributed by atoms with van der Waals surface area (Å²) in [6.07, 6.45) is 2.42. The Bertz CT molecular complexity index is 481. The molecule has 0 saturated carbocycles. The number of carbonyl (C=O) groups excluding carboxylic acids is 1. The highest BCUT2D eigenvalue weighted by Gasteiger charge is 2.27. The quantitative estimate of drug-likeness (QED) is 0.783. The molecule has 6 heteroatoms. The molecular formula is C14H20Cl2N3O+. The summed E-state index contributed by atoms with van der Waals surface area (Å²) >= 11 is 11.7. The van der Waals surface area contributed by atoms with E-state index in [2.05, 4.69) is 17.6 Å². The van der Waals surface area contributed by atoms with Crippen LogP contribution in [0.4, 0.5) is 10.5 Å². The molecular weight excluding hydrogens is 297 g/mol. The van der Waals surface area contributed by atoms with Crippen LogP contribution in [0.15, 0.2) is 18.2 Å². The third-order valence-corrected chi connectivity index (χ3v) is 4.51. The minimum Gasteiger partial charge on any atom is -0.332 e. The average molecular weight is 317 g/mol. The van der Waals surface area contributed by atoms with E-state index in [0.29, 0.717) is 28.3 Å². The Morgan fingerprint density at radius 3 is 2.90 bits per heavy atom. The summed E-state index contributed by atoms with van der Waals surface area (Å²) in [5.41, 5.74) is 0.642. The van der Waals surface area contributed by atoms with E-state index in [0.717, 1.165) is 6.54 Å². The van der Waals surface area contributed by atoms with E-state index < -0.39 is 0 Å². The number of anilines is 1. The van der Waals surface area contributed by atoms with Gasteiger partial charge in [0.2, 0.25) is 0 Å². The molecule has 0 aromatic heterocycles. The van der Waals surface area contributed by atoms with Crippen molar-refractivity contribution in [3.8, 4) is 0 Å². The lowest BCUT2D eigenvalue weighted by molar-refractivity contribution is -0.909. The Morgan fingerprint density at radius 1 is 1.40 bits per heavy atom. The van der Waals surface area contributed by atoms with Gasteiger partial charge in [0.15, 0.2) is 0 Å². The Hall–Kier alpha value is -0.970. The summed E-state index contributed by atoms with van der Waals surface area (Å²) in [7, 11) is 0. The van der Waals surface area contributed by atoms with Gasteiger partial charge < -0.3 is 15.5 Å². The van der Waals surface area contributed by atoms with Gasteiger partial charge in [-0.1, -0.05) is 23.2 Å². The summed E-state index contributed by atoms with van der Waals surface area (Å²) in [5, 5.41) is 6.60. The number of benzene rings is 1. The van der Waals surface area contributed by atoms with E-state index >= 15 is 0 Å². The largest absolute Gasteiger partial charge is 0.332 e. The van der Waals surface area contributed by atoms with E-state index in [1.807, 2.05) is 0 Å². The molecule has 1 aromatic rings. The lowest BCUT2D eigenvalue weighted by atomic mass is 10.2. The lowest BCUT2D eigenvalue weighted by Gasteiger charge is -2.20. The Balaban J connectivity index is 1.81. The van der Waals surface area contributed by atoms with Gasteiger partial charge in [0.1, 0.15) is 6.04 Å². The molecule has 20 heavy (non-hydrogen) atoms. The molecule has 2 rings (SSSR count). The van der Waals surface area contributed by atoms with Crippen molar-refractivity contribution in [2.45, 2.75) is 25.8 Å². The first-order chi connectivity index (χ1) is 9.60. The predicted octanol–water partition coefficient (Wildman–Crippen LogP) is 2.18. The molecule has 2 amide bonds. The fraction of sp³-hybridized carbons (Fsp3) is 0.500. The second kappa shape index (κ2) is 7.16. The van der Waals surface area contributed by atoms with Crippen molar-refractivity contribution in [3.63, 3.8) is 0 Å². The minimum absolute atomic E-state index is 0.203. The van der Waals surface area contributed by atoms with Gasteiger partial charge in [0, 0.05) is 18.5 Å². The molecule has 3 N–H and O–H groups in total. The van der Waals surface area contributed by atoms with Crippen LogP contribution in [0.25, 0.3) is 0 Å². The second-order valence-electron chi connectivity index (χ2n) is 5.06. The zero-order valence-electron chi connectivity index (χ0n) is 11.5. The van der Waals surface area contributed by atoms with Gasteiger partial charge in [-0.2, -0.15) is 0 Å². The maximum absolute atomic E-state index is 11.9. The first-order valence-electron chi connectivity index (χ1n) is 6.94. The monoisotopic (exact) mass is 316 g/mol. The van der Waals surface area contributed by atoms with Crippen LogP contribution in [0.3, 0.4) is 0 Å². The molecule has 1 aromatic carbocycles. The van der Waals surface area contributed by atoms with Crippen molar-refractivity contribution in [1.82, 2.24) is 5.32 Å². The van der Waals surface area contributed by atoms with Crippen LogP contribution < -0.4 is 15.5 Å². The van der Waals surface area contributed by atoms with Crippen molar-refractivity contribution in [1.29, 1.82) is 0 Å². The van der Waals surface area contributed by atoms with E-state index in [9.17, 15) is 4.79 Å². The van der Waals surface area contributed by atoms with Gasteiger partial charge in [0.25, 0.3) is 0 Å². The Morgan fingerprint density at radius 2 is 2.20 bits per heavy atom. The van der Waals surface area contributed by atoms with Crippen LogP contribution in [-0.4, -0.2) is 31.7 Å². The minimum atomic E-state index is -0.203. The fourth-order valence-electron chi connectivity index (χ4n) is 2.66. The first-order valence-corrected chi connectivity index (χ1v) is 7.70. The number of amides is 2. The molecule has 1 aliphatic heterocycles. The number of nitrogens with one attached hydrogen (secondary N) is 3. The van der Waals surface area contributed by atoms with Crippen molar-refractivity contribution >= 4 is 34.9 Å². The van der Waals surface area contributed by atoms with Crippen LogP contribution in [0.2, 0.25) is 10.0 Å². The van der Waals surface area contributed by atoms with E-state index in [1.54, 1.807) is 23.1 Å². The predicted molar refractivity (Wildman–Crippen MR) is 82.9 cm³/mol. The standard InChI is InChI=1S/C14H19Cl2N3O/c1-2-19-7-3-4-11(19)9-17-14(20)18-10-5-6-12(15)13(16)8-10/h5-6,8,11H,2-4,7,9H2,1H3,(H2,17,18,20)/p+1/t11-/m1/s1. The number of quaternary nitrogens is 1. The summed E-state index contributed by atoms with van der Waals surface area (Å²) in [6.45, 7) is 5.21. The van der Waals surface area contributed by atoms with Crippen LogP contribution in [0, 0.1) is 0 Å². The van der Waals surface area contributed by atoms with Gasteiger partial charge in [-0.25, -0.2) is 4.79 Å². The molecule has 0 radical (unpaired) electrons. The first kappa shape index (κ1) is 15.4. The molecule has 1 fully saturated rings. The highest BCUT2D eigenvalue weighted by atomic mass is 35.5. The number of halogens is 2. The van der Waals surface area contributed by atoms with Crippen molar-refractivity contribution in [2.24, 2.45) is 0 Å². The third kappa shape index (κ3) is 4.01. The molecule has 0 spiro atoms. The molecule has 2 atom stereocenters. The smallest absolute Gasteiger partial charge is 0.319 e.